The molecule has 1 amide bonds. The molecule has 0 spiro atoms. The number of amides is 1. The zero-order valence-corrected chi connectivity index (χ0v) is 9.92. The topological polar surface area (TPSA) is 46.1 Å². The molecule has 1 aliphatic rings. The van der Waals surface area contributed by atoms with Crippen LogP contribution in [0, 0.1) is 0 Å². The van der Waals surface area contributed by atoms with Crippen molar-refractivity contribution in [1.29, 1.82) is 0 Å². The van der Waals surface area contributed by atoms with Gasteiger partial charge in [0.05, 0.1) is 17.6 Å². The van der Waals surface area contributed by atoms with Crippen LogP contribution in [0.5, 0.6) is 0 Å². The summed E-state index contributed by atoms with van der Waals surface area (Å²) in [4.78, 5) is 19.9. The summed E-state index contributed by atoms with van der Waals surface area (Å²) in [5, 5.41) is 0.198. The summed E-state index contributed by atoms with van der Waals surface area (Å²) in [7, 11) is 0. The van der Waals surface area contributed by atoms with E-state index in [9.17, 15) is 18.0 Å². The van der Waals surface area contributed by atoms with E-state index in [4.69, 9.17) is 11.6 Å². The van der Waals surface area contributed by atoms with Crippen LogP contribution in [0.25, 0.3) is 0 Å². The minimum Gasteiger partial charge on any atom is -0.334 e. The minimum absolute atomic E-state index is 0.0122. The molecule has 0 saturated carbocycles. The Labute approximate surface area is 106 Å². The maximum Gasteiger partial charge on any atom is 0.471 e. The first-order valence-electron chi connectivity index (χ1n) is 5.24. The molecule has 0 bridgehead atoms. The van der Waals surface area contributed by atoms with Gasteiger partial charge in [0.2, 0.25) is 0 Å². The summed E-state index contributed by atoms with van der Waals surface area (Å²) in [5.74, 6) is -1.82. The highest BCUT2D eigenvalue weighted by atomic mass is 35.5. The molecule has 98 valence electrons. The molecule has 0 radical (unpaired) electrons. The van der Waals surface area contributed by atoms with Crippen molar-refractivity contribution in [2.45, 2.75) is 19.0 Å². The van der Waals surface area contributed by atoms with Crippen molar-refractivity contribution in [2.24, 2.45) is 0 Å². The highest BCUT2D eigenvalue weighted by Gasteiger charge is 2.42. The van der Waals surface area contributed by atoms with Crippen molar-refractivity contribution >= 4 is 17.5 Å². The van der Waals surface area contributed by atoms with E-state index in [1.807, 2.05) is 0 Å². The molecular formula is C10H9ClF3N3O. The molecule has 0 unspecified atom stereocenters. The lowest BCUT2D eigenvalue weighted by Crippen LogP contribution is -2.42. The van der Waals surface area contributed by atoms with E-state index in [1.54, 1.807) is 0 Å². The standard InChI is InChI=1S/C10H9ClF3N3O/c11-8-5-15-6-1-3-17(4-2-7(6)16-8)9(18)10(12,13)14/h5H,1-4H2. The second-order valence-corrected chi connectivity index (χ2v) is 4.26. The van der Waals surface area contributed by atoms with Crippen molar-refractivity contribution in [3.8, 4) is 0 Å². The second-order valence-electron chi connectivity index (χ2n) is 3.88. The van der Waals surface area contributed by atoms with Gasteiger partial charge in [-0.05, 0) is 0 Å². The fourth-order valence-corrected chi connectivity index (χ4v) is 1.96. The molecule has 0 aliphatic carbocycles. The van der Waals surface area contributed by atoms with E-state index in [0.29, 0.717) is 11.4 Å². The van der Waals surface area contributed by atoms with E-state index in [2.05, 4.69) is 9.97 Å². The monoisotopic (exact) mass is 279 g/mol. The highest BCUT2D eigenvalue weighted by Crippen LogP contribution is 2.21. The lowest BCUT2D eigenvalue weighted by Gasteiger charge is -2.21. The highest BCUT2D eigenvalue weighted by molar-refractivity contribution is 6.29. The molecule has 1 aromatic rings. The number of halogens is 4. The maximum atomic E-state index is 12.3. The van der Waals surface area contributed by atoms with Crippen LogP contribution < -0.4 is 0 Å². The maximum absolute atomic E-state index is 12.3. The predicted octanol–water partition coefficient (Wildman–Crippen LogP) is 1.62. The molecule has 4 nitrogen and oxygen atoms in total. The van der Waals surface area contributed by atoms with Crippen LogP contribution in [0.15, 0.2) is 6.20 Å². The van der Waals surface area contributed by atoms with Crippen LogP contribution in [-0.4, -0.2) is 40.0 Å². The molecule has 1 aliphatic heterocycles. The van der Waals surface area contributed by atoms with E-state index >= 15 is 0 Å². The molecule has 0 fully saturated rings. The quantitative estimate of drug-likeness (QED) is 0.725. The average Bonchev–Trinajstić information content (AvgIpc) is 2.48. The molecule has 2 heterocycles. The van der Waals surface area contributed by atoms with Gasteiger partial charge in [0.15, 0.2) is 0 Å². The molecule has 8 heteroatoms. The van der Waals surface area contributed by atoms with Gasteiger partial charge in [-0.3, -0.25) is 9.78 Å². The molecular weight excluding hydrogens is 271 g/mol. The first kappa shape index (κ1) is 13.1. The Kier molecular flexibility index (Phi) is 3.43. The van der Waals surface area contributed by atoms with Gasteiger partial charge in [-0.1, -0.05) is 11.6 Å². The van der Waals surface area contributed by atoms with Crippen LogP contribution in [0.1, 0.15) is 11.4 Å². The van der Waals surface area contributed by atoms with Gasteiger partial charge in [-0.15, -0.1) is 0 Å². The van der Waals surface area contributed by atoms with Gasteiger partial charge >= 0.3 is 12.1 Å². The smallest absolute Gasteiger partial charge is 0.334 e. The number of hydrogen-bond acceptors (Lipinski definition) is 3. The SMILES string of the molecule is O=C(N1CCc2ncc(Cl)nc2CC1)C(F)(F)F. The number of carbonyl (C=O) groups excluding carboxylic acids is 1. The normalized spacial score (nSPS) is 16.1. The first-order chi connectivity index (χ1) is 8.38. The fraction of sp³-hybridized carbons (Fsp3) is 0.500. The van der Waals surface area contributed by atoms with Crippen LogP contribution in [0.3, 0.4) is 0 Å². The third kappa shape index (κ3) is 2.72. The van der Waals surface area contributed by atoms with Gasteiger partial charge in [0, 0.05) is 25.9 Å². The van der Waals surface area contributed by atoms with Gasteiger partial charge in [-0.25, -0.2) is 4.98 Å². The number of aromatic nitrogens is 2. The summed E-state index contributed by atoms with van der Waals surface area (Å²) < 4.78 is 36.9. The van der Waals surface area contributed by atoms with E-state index in [-0.39, 0.29) is 31.1 Å². The second kappa shape index (κ2) is 4.72. The van der Waals surface area contributed by atoms with Gasteiger partial charge in [-0.2, -0.15) is 13.2 Å². The minimum atomic E-state index is -4.84. The molecule has 0 atom stereocenters. The molecule has 2 rings (SSSR count). The number of fused-ring (bicyclic) bond motifs is 1. The Hall–Kier alpha value is -1.37. The Morgan fingerprint density at radius 2 is 1.89 bits per heavy atom. The van der Waals surface area contributed by atoms with Gasteiger partial charge in [0.1, 0.15) is 5.15 Å². The summed E-state index contributed by atoms with van der Waals surface area (Å²) in [5.41, 5.74) is 1.15. The fourth-order valence-electron chi connectivity index (χ4n) is 1.81. The number of hydrogen-bond donors (Lipinski definition) is 0. The van der Waals surface area contributed by atoms with Crippen LogP contribution in [0.4, 0.5) is 13.2 Å². The molecule has 18 heavy (non-hydrogen) atoms. The van der Waals surface area contributed by atoms with E-state index < -0.39 is 12.1 Å². The number of nitrogens with zero attached hydrogens (tertiary/aromatic N) is 3. The Balaban J connectivity index is 2.15. The Morgan fingerprint density at radius 1 is 1.28 bits per heavy atom. The third-order valence-electron chi connectivity index (χ3n) is 2.67. The Morgan fingerprint density at radius 3 is 2.50 bits per heavy atom. The molecule has 0 aromatic carbocycles. The lowest BCUT2D eigenvalue weighted by atomic mass is 10.2. The van der Waals surface area contributed by atoms with Crippen molar-refractivity contribution < 1.29 is 18.0 Å². The van der Waals surface area contributed by atoms with Crippen LogP contribution >= 0.6 is 11.6 Å². The average molecular weight is 280 g/mol. The van der Waals surface area contributed by atoms with Crippen LogP contribution in [-0.2, 0) is 17.6 Å². The van der Waals surface area contributed by atoms with Crippen molar-refractivity contribution in [3.63, 3.8) is 0 Å². The third-order valence-corrected chi connectivity index (χ3v) is 2.85. The molecule has 0 N–H and O–H groups in total. The molecule has 1 aromatic heterocycles. The lowest BCUT2D eigenvalue weighted by molar-refractivity contribution is -0.185. The van der Waals surface area contributed by atoms with E-state index in [0.717, 1.165) is 4.90 Å². The van der Waals surface area contributed by atoms with E-state index in [1.165, 1.54) is 6.20 Å². The number of alkyl halides is 3. The largest absolute Gasteiger partial charge is 0.471 e. The zero-order chi connectivity index (χ0) is 13.3. The summed E-state index contributed by atoms with van der Waals surface area (Å²) in [6.07, 6.45) is -3.01. The first-order valence-corrected chi connectivity index (χ1v) is 5.62. The summed E-state index contributed by atoms with van der Waals surface area (Å²) >= 11 is 5.67. The summed E-state index contributed by atoms with van der Waals surface area (Å²) in [6, 6.07) is 0. The van der Waals surface area contributed by atoms with Crippen LogP contribution in [0.2, 0.25) is 5.15 Å². The Bertz CT molecular complexity index is 478. The number of rotatable bonds is 0. The summed E-state index contributed by atoms with van der Waals surface area (Å²) in [6.45, 7) is -0.0397. The predicted molar refractivity (Wildman–Crippen MR) is 57.1 cm³/mol. The number of carbonyl (C=O) groups is 1. The van der Waals surface area contributed by atoms with Gasteiger partial charge in [0.25, 0.3) is 0 Å². The van der Waals surface area contributed by atoms with Crippen molar-refractivity contribution in [2.75, 3.05) is 13.1 Å². The van der Waals surface area contributed by atoms with Crippen molar-refractivity contribution in [1.82, 2.24) is 14.9 Å². The molecule has 0 saturated heterocycles. The van der Waals surface area contributed by atoms with Gasteiger partial charge < -0.3 is 4.90 Å². The zero-order valence-electron chi connectivity index (χ0n) is 9.17. The van der Waals surface area contributed by atoms with Crippen molar-refractivity contribution in [3.05, 3.63) is 22.7 Å².